The van der Waals surface area contributed by atoms with Crippen LogP contribution in [0, 0.1) is 6.92 Å². The second-order valence-electron chi connectivity index (χ2n) is 5.88. The molecule has 122 valence electrons. The van der Waals surface area contributed by atoms with Crippen LogP contribution in [-0.2, 0) is 6.42 Å². The molecular weight excluding hydrogens is 306 g/mol. The third-order valence-electron chi connectivity index (χ3n) is 4.02. The molecule has 0 saturated heterocycles. The second-order valence-corrected chi connectivity index (χ2v) is 6.14. The number of rotatable bonds is 4. The molecule has 1 aromatic rings. The zero-order valence-corrected chi connectivity index (χ0v) is 14.8. The van der Waals surface area contributed by atoms with Crippen LogP contribution in [0.25, 0.3) is 5.57 Å². The van der Waals surface area contributed by atoms with Gasteiger partial charge in [-0.15, -0.1) is 0 Å². The highest BCUT2D eigenvalue weighted by Gasteiger charge is 2.18. The topological polar surface area (TPSA) is 37.0 Å². The Bertz CT molecular complexity index is 686. The van der Waals surface area contributed by atoms with Gasteiger partial charge in [0.15, 0.2) is 0 Å². The minimum Gasteiger partial charge on any atom is -0.382 e. The van der Waals surface area contributed by atoms with Crippen molar-refractivity contribution in [2.75, 3.05) is 6.54 Å². The van der Waals surface area contributed by atoms with Crippen molar-refractivity contribution in [3.8, 4) is 0 Å². The monoisotopic (exact) mass is 329 g/mol. The molecular formula is C19H24ClN3. The van der Waals surface area contributed by atoms with E-state index in [0.29, 0.717) is 6.04 Å². The summed E-state index contributed by atoms with van der Waals surface area (Å²) in [5.74, 6) is 0. The van der Waals surface area contributed by atoms with Gasteiger partial charge in [-0.05, 0) is 38.0 Å². The lowest BCUT2D eigenvalue weighted by molar-refractivity contribution is 0.603. The molecule has 0 aliphatic carbocycles. The lowest BCUT2D eigenvalue weighted by atomic mass is 9.98. The van der Waals surface area contributed by atoms with E-state index in [-0.39, 0.29) is 0 Å². The van der Waals surface area contributed by atoms with Crippen molar-refractivity contribution in [1.29, 1.82) is 0 Å². The van der Waals surface area contributed by atoms with Crippen molar-refractivity contribution < 1.29 is 0 Å². The van der Waals surface area contributed by atoms with Gasteiger partial charge in [0, 0.05) is 52.9 Å². The van der Waals surface area contributed by atoms with Crippen LogP contribution in [0.2, 0.25) is 0 Å². The number of hydrogen-bond donors (Lipinski definition) is 2. The molecule has 2 N–H and O–H groups in total. The number of pyridine rings is 1. The van der Waals surface area contributed by atoms with E-state index in [4.69, 9.17) is 11.6 Å². The van der Waals surface area contributed by atoms with Gasteiger partial charge in [0.05, 0.1) is 0 Å². The van der Waals surface area contributed by atoms with Crippen LogP contribution in [0.1, 0.15) is 30.8 Å². The second kappa shape index (κ2) is 7.51. The Labute approximate surface area is 143 Å². The van der Waals surface area contributed by atoms with Crippen LogP contribution >= 0.6 is 11.6 Å². The minimum absolute atomic E-state index is 0.326. The van der Waals surface area contributed by atoms with E-state index < -0.39 is 0 Å². The van der Waals surface area contributed by atoms with E-state index in [1.54, 1.807) is 0 Å². The summed E-state index contributed by atoms with van der Waals surface area (Å²) in [6.07, 6.45) is 2.61. The molecule has 2 heterocycles. The first-order valence-electron chi connectivity index (χ1n) is 7.76. The fourth-order valence-corrected chi connectivity index (χ4v) is 2.76. The molecule has 3 nitrogen and oxygen atoms in total. The van der Waals surface area contributed by atoms with Crippen LogP contribution in [0.3, 0.4) is 0 Å². The molecule has 4 heteroatoms. The molecule has 2 rings (SSSR count). The average molecular weight is 330 g/mol. The maximum Gasteiger partial charge on any atom is 0.0465 e. The normalized spacial score (nSPS) is 18.6. The Hall–Kier alpha value is -2.00. The molecule has 1 aliphatic rings. The lowest BCUT2D eigenvalue weighted by Gasteiger charge is -2.16. The van der Waals surface area contributed by atoms with E-state index in [1.807, 2.05) is 19.1 Å². The van der Waals surface area contributed by atoms with Crippen LogP contribution in [0.15, 0.2) is 53.9 Å². The summed E-state index contributed by atoms with van der Waals surface area (Å²) < 4.78 is 0. The van der Waals surface area contributed by atoms with Crippen LogP contribution in [0.4, 0.5) is 0 Å². The summed E-state index contributed by atoms with van der Waals surface area (Å²) in [7, 11) is 0. The van der Waals surface area contributed by atoms with Gasteiger partial charge in [0.1, 0.15) is 0 Å². The van der Waals surface area contributed by atoms with Gasteiger partial charge in [0.25, 0.3) is 0 Å². The average Bonchev–Trinajstić information content (AvgIpc) is 2.64. The Morgan fingerprint density at radius 1 is 1.43 bits per heavy atom. The van der Waals surface area contributed by atoms with Gasteiger partial charge in [-0.25, -0.2) is 0 Å². The smallest absolute Gasteiger partial charge is 0.0465 e. The highest BCUT2D eigenvalue weighted by Crippen LogP contribution is 2.27. The first-order valence-corrected chi connectivity index (χ1v) is 8.19. The molecule has 0 bridgehead atoms. The molecule has 0 amide bonds. The Balaban J connectivity index is 2.32. The zero-order chi connectivity index (χ0) is 17.0. The molecule has 1 atom stereocenters. The minimum atomic E-state index is 0.326. The number of halogens is 1. The Kier molecular flexibility index (Phi) is 5.67. The van der Waals surface area contributed by atoms with Crippen LogP contribution < -0.4 is 10.6 Å². The van der Waals surface area contributed by atoms with Crippen molar-refractivity contribution in [2.24, 2.45) is 0 Å². The Morgan fingerprint density at radius 2 is 2.17 bits per heavy atom. The molecule has 0 spiro atoms. The van der Waals surface area contributed by atoms with Crippen LogP contribution in [0.5, 0.6) is 0 Å². The quantitative estimate of drug-likeness (QED) is 0.874. The molecule has 1 aromatic heterocycles. The molecule has 23 heavy (non-hydrogen) atoms. The zero-order valence-electron chi connectivity index (χ0n) is 14.0. The van der Waals surface area contributed by atoms with Gasteiger partial charge in [0.2, 0.25) is 0 Å². The molecule has 0 unspecified atom stereocenters. The summed E-state index contributed by atoms with van der Waals surface area (Å²) in [5.41, 5.74) is 8.54. The standard InChI is InChI=1S/C19H24ClN3/c1-12-11-21-19(13(2)15(4)22-12)14(3)18-9-8-17(7-6-10-20)23-16(18)5/h6,8-10,12,21-22H,3-4,7,11H2,1-2,5H3/b10-6+/t12-/m1/s1. The number of hydrogen-bond acceptors (Lipinski definition) is 3. The maximum atomic E-state index is 5.58. The third kappa shape index (κ3) is 4.05. The first-order chi connectivity index (χ1) is 10.9. The fourth-order valence-electron chi connectivity index (χ4n) is 2.67. The van der Waals surface area contributed by atoms with Gasteiger partial charge in [-0.3, -0.25) is 4.98 Å². The summed E-state index contributed by atoms with van der Waals surface area (Å²) in [6.45, 7) is 15.4. The van der Waals surface area contributed by atoms with Crippen molar-refractivity contribution >= 4 is 17.2 Å². The number of allylic oxidation sites excluding steroid dienone is 3. The lowest BCUT2D eigenvalue weighted by Crippen LogP contribution is -2.32. The van der Waals surface area contributed by atoms with E-state index >= 15 is 0 Å². The van der Waals surface area contributed by atoms with Crippen molar-refractivity contribution in [2.45, 2.75) is 33.2 Å². The van der Waals surface area contributed by atoms with E-state index in [0.717, 1.165) is 52.5 Å². The van der Waals surface area contributed by atoms with Crippen LogP contribution in [-0.4, -0.2) is 17.6 Å². The maximum absolute atomic E-state index is 5.58. The van der Waals surface area contributed by atoms with Gasteiger partial charge < -0.3 is 10.6 Å². The summed E-state index contributed by atoms with van der Waals surface area (Å²) in [4.78, 5) is 4.65. The number of nitrogens with zero attached hydrogens (tertiary/aromatic N) is 1. The van der Waals surface area contributed by atoms with E-state index in [2.05, 4.69) is 48.7 Å². The van der Waals surface area contributed by atoms with Gasteiger partial charge in [-0.1, -0.05) is 36.9 Å². The van der Waals surface area contributed by atoms with E-state index in [9.17, 15) is 0 Å². The van der Waals surface area contributed by atoms with Crippen molar-refractivity contribution in [3.05, 3.63) is 70.8 Å². The van der Waals surface area contributed by atoms with E-state index in [1.165, 1.54) is 5.54 Å². The predicted molar refractivity (Wildman–Crippen MR) is 99.1 cm³/mol. The molecule has 0 fully saturated rings. The van der Waals surface area contributed by atoms with Gasteiger partial charge >= 0.3 is 0 Å². The number of nitrogens with one attached hydrogen (secondary N) is 2. The molecule has 0 saturated carbocycles. The molecule has 0 radical (unpaired) electrons. The SMILES string of the molecule is C=C1N[C@H](C)CNC(C(=C)c2ccc(C/C=C/Cl)nc2C)=C1C. The van der Waals surface area contributed by atoms with Crippen molar-refractivity contribution in [3.63, 3.8) is 0 Å². The third-order valence-corrected chi connectivity index (χ3v) is 4.20. The van der Waals surface area contributed by atoms with Gasteiger partial charge in [-0.2, -0.15) is 0 Å². The number of aryl methyl sites for hydroxylation is 1. The fraction of sp³-hybridized carbons (Fsp3) is 0.316. The summed E-state index contributed by atoms with van der Waals surface area (Å²) in [5, 5.41) is 6.87. The highest BCUT2D eigenvalue weighted by atomic mass is 35.5. The summed E-state index contributed by atoms with van der Waals surface area (Å²) in [6, 6.07) is 4.42. The van der Waals surface area contributed by atoms with Crippen molar-refractivity contribution in [1.82, 2.24) is 15.6 Å². The first kappa shape index (κ1) is 17.4. The predicted octanol–water partition coefficient (Wildman–Crippen LogP) is 4.07. The molecule has 1 aliphatic heterocycles. The summed E-state index contributed by atoms with van der Waals surface area (Å²) >= 11 is 5.58. The highest BCUT2D eigenvalue weighted by molar-refractivity contribution is 6.25. The molecule has 0 aromatic carbocycles. The number of aromatic nitrogens is 1. The largest absolute Gasteiger partial charge is 0.382 e. The Morgan fingerprint density at radius 3 is 2.83 bits per heavy atom.